The Bertz CT molecular complexity index is 452. The summed E-state index contributed by atoms with van der Waals surface area (Å²) in [5.74, 6) is -0.551. The van der Waals surface area contributed by atoms with E-state index in [4.69, 9.17) is 10.5 Å². The second kappa shape index (κ2) is 5.55. The SMILES string of the molecule is CC1OC(C)C(C(N)Cc2ccc(F)cc2F)C1C. The van der Waals surface area contributed by atoms with Gasteiger partial charge in [-0.05, 0) is 37.8 Å². The van der Waals surface area contributed by atoms with E-state index in [0.717, 1.165) is 6.07 Å². The van der Waals surface area contributed by atoms with Gasteiger partial charge in [0.1, 0.15) is 11.6 Å². The van der Waals surface area contributed by atoms with Gasteiger partial charge in [-0.25, -0.2) is 8.78 Å². The predicted octanol–water partition coefficient (Wildman–Crippen LogP) is 2.89. The predicted molar refractivity (Wildman–Crippen MR) is 70.7 cm³/mol. The van der Waals surface area contributed by atoms with Crippen molar-refractivity contribution < 1.29 is 13.5 Å². The van der Waals surface area contributed by atoms with E-state index in [2.05, 4.69) is 6.92 Å². The summed E-state index contributed by atoms with van der Waals surface area (Å²) in [4.78, 5) is 0. The van der Waals surface area contributed by atoms with Gasteiger partial charge in [-0.2, -0.15) is 0 Å². The maximum atomic E-state index is 13.6. The second-order valence-corrected chi connectivity index (χ2v) is 5.59. The van der Waals surface area contributed by atoms with Gasteiger partial charge >= 0.3 is 0 Å². The van der Waals surface area contributed by atoms with Crippen LogP contribution < -0.4 is 5.73 Å². The monoisotopic (exact) mass is 269 g/mol. The standard InChI is InChI=1S/C15H21F2NO/c1-8-9(2)19-10(3)15(8)14(18)6-11-4-5-12(16)7-13(11)17/h4-5,7-10,14-15H,6,18H2,1-3H3. The Balaban J connectivity index is 2.10. The molecule has 106 valence electrons. The molecule has 0 aromatic heterocycles. The van der Waals surface area contributed by atoms with Crippen molar-refractivity contribution in [1.29, 1.82) is 0 Å². The molecule has 5 unspecified atom stereocenters. The molecule has 0 saturated carbocycles. The molecule has 5 atom stereocenters. The lowest BCUT2D eigenvalue weighted by molar-refractivity contribution is 0.0490. The van der Waals surface area contributed by atoms with E-state index in [1.165, 1.54) is 12.1 Å². The van der Waals surface area contributed by atoms with Crippen molar-refractivity contribution in [3.8, 4) is 0 Å². The number of rotatable bonds is 3. The molecule has 0 radical (unpaired) electrons. The van der Waals surface area contributed by atoms with E-state index in [-0.39, 0.29) is 24.2 Å². The summed E-state index contributed by atoms with van der Waals surface area (Å²) in [6.07, 6.45) is 0.647. The van der Waals surface area contributed by atoms with Crippen LogP contribution in [0.3, 0.4) is 0 Å². The number of hydrogen-bond donors (Lipinski definition) is 1. The molecule has 0 spiro atoms. The maximum Gasteiger partial charge on any atom is 0.129 e. The number of nitrogens with two attached hydrogens (primary N) is 1. The topological polar surface area (TPSA) is 35.2 Å². The zero-order valence-electron chi connectivity index (χ0n) is 11.6. The van der Waals surface area contributed by atoms with Crippen LogP contribution in [0.15, 0.2) is 18.2 Å². The highest BCUT2D eigenvalue weighted by molar-refractivity contribution is 5.20. The van der Waals surface area contributed by atoms with Gasteiger partial charge in [0.2, 0.25) is 0 Å². The van der Waals surface area contributed by atoms with Gasteiger partial charge in [0, 0.05) is 18.0 Å². The molecule has 2 N–H and O–H groups in total. The summed E-state index contributed by atoms with van der Waals surface area (Å²) >= 11 is 0. The first-order valence-corrected chi connectivity index (χ1v) is 6.75. The first kappa shape index (κ1) is 14.4. The van der Waals surface area contributed by atoms with E-state index >= 15 is 0 Å². The Kier molecular flexibility index (Phi) is 4.21. The molecule has 1 aliphatic rings. The van der Waals surface area contributed by atoms with E-state index in [1.54, 1.807) is 0 Å². The highest BCUT2D eigenvalue weighted by Gasteiger charge is 2.40. The average molecular weight is 269 g/mol. The Morgan fingerprint density at radius 1 is 1.21 bits per heavy atom. The van der Waals surface area contributed by atoms with E-state index in [1.807, 2.05) is 13.8 Å². The summed E-state index contributed by atoms with van der Waals surface area (Å²) in [5, 5.41) is 0. The molecular formula is C15H21F2NO. The normalized spacial score (nSPS) is 32.5. The number of halogens is 2. The summed E-state index contributed by atoms with van der Waals surface area (Å²) < 4.78 is 32.3. The zero-order valence-corrected chi connectivity index (χ0v) is 11.6. The highest BCUT2D eigenvalue weighted by atomic mass is 19.1. The van der Waals surface area contributed by atoms with Crippen molar-refractivity contribution in [1.82, 2.24) is 0 Å². The molecule has 19 heavy (non-hydrogen) atoms. The van der Waals surface area contributed by atoms with Gasteiger partial charge in [-0.3, -0.25) is 0 Å². The maximum absolute atomic E-state index is 13.6. The third-order valence-electron chi connectivity index (χ3n) is 4.28. The minimum atomic E-state index is -0.561. The molecular weight excluding hydrogens is 248 g/mol. The zero-order chi connectivity index (χ0) is 14.2. The summed E-state index contributed by atoms with van der Waals surface area (Å²) in [7, 11) is 0. The van der Waals surface area contributed by atoms with Gasteiger partial charge in [0.25, 0.3) is 0 Å². The van der Waals surface area contributed by atoms with Crippen LogP contribution >= 0.6 is 0 Å². The van der Waals surface area contributed by atoms with Crippen molar-refractivity contribution >= 4 is 0 Å². The quantitative estimate of drug-likeness (QED) is 0.915. The van der Waals surface area contributed by atoms with Crippen LogP contribution in [0, 0.1) is 23.5 Å². The van der Waals surface area contributed by atoms with Gasteiger partial charge in [0.05, 0.1) is 12.2 Å². The lowest BCUT2D eigenvalue weighted by Gasteiger charge is -2.25. The molecule has 4 heteroatoms. The van der Waals surface area contributed by atoms with Crippen LogP contribution in [0.5, 0.6) is 0 Å². The molecule has 1 heterocycles. The summed E-state index contributed by atoms with van der Waals surface area (Å²) in [6, 6.07) is 3.46. The van der Waals surface area contributed by atoms with Crippen LogP contribution in [0.2, 0.25) is 0 Å². The molecule has 2 rings (SSSR count). The van der Waals surface area contributed by atoms with E-state index in [9.17, 15) is 8.78 Å². The number of ether oxygens (including phenoxy) is 1. The molecule has 2 nitrogen and oxygen atoms in total. The van der Waals surface area contributed by atoms with Crippen LogP contribution in [-0.4, -0.2) is 18.2 Å². The van der Waals surface area contributed by atoms with Crippen molar-refractivity contribution in [3.63, 3.8) is 0 Å². The van der Waals surface area contributed by atoms with E-state index in [0.29, 0.717) is 17.9 Å². The van der Waals surface area contributed by atoms with Gasteiger partial charge in [-0.1, -0.05) is 13.0 Å². The fraction of sp³-hybridized carbons (Fsp3) is 0.600. The van der Waals surface area contributed by atoms with Crippen LogP contribution in [0.4, 0.5) is 8.78 Å². The third-order valence-corrected chi connectivity index (χ3v) is 4.28. The first-order valence-electron chi connectivity index (χ1n) is 6.75. The molecule has 1 aromatic carbocycles. The molecule has 0 bridgehead atoms. The van der Waals surface area contributed by atoms with Crippen LogP contribution in [0.1, 0.15) is 26.3 Å². The smallest absolute Gasteiger partial charge is 0.129 e. The second-order valence-electron chi connectivity index (χ2n) is 5.59. The van der Waals surface area contributed by atoms with Gasteiger partial charge < -0.3 is 10.5 Å². The highest BCUT2D eigenvalue weighted by Crippen LogP contribution is 2.34. The Morgan fingerprint density at radius 3 is 2.42 bits per heavy atom. The van der Waals surface area contributed by atoms with Gasteiger partial charge in [0.15, 0.2) is 0 Å². The summed E-state index contributed by atoms with van der Waals surface area (Å²) in [6.45, 7) is 6.15. The molecule has 1 aliphatic heterocycles. The lowest BCUT2D eigenvalue weighted by Crippen LogP contribution is -2.39. The number of benzene rings is 1. The lowest BCUT2D eigenvalue weighted by atomic mass is 9.81. The molecule has 1 aromatic rings. The molecule has 1 saturated heterocycles. The van der Waals surface area contributed by atoms with Gasteiger partial charge in [-0.15, -0.1) is 0 Å². The minimum Gasteiger partial charge on any atom is -0.375 e. The fourth-order valence-electron chi connectivity index (χ4n) is 3.11. The van der Waals surface area contributed by atoms with Crippen molar-refractivity contribution in [3.05, 3.63) is 35.4 Å². The van der Waals surface area contributed by atoms with E-state index < -0.39 is 11.6 Å². The average Bonchev–Trinajstić information content (AvgIpc) is 2.57. The van der Waals surface area contributed by atoms with Crippen molar-refractivity contribution in [2.24, 2.45) is 17.6 Å². The molecule has 0 amide bonds. The minimum absolute atomic E-state index is 0.0727. The van der Waals surface area contributed by atoms with Crippen LogP contribution in [-0.2, 0) is 11.2 Å². The first-order chi connectivity index (χ1) is 8.90. The summed E-state index contributed by atoms with van der Waals surface area (Å²) in [5.41, 5.74) is 6.69. The third kappa shape index (κ3) is 2.95. The van der Waals surface area contributed by atoms with Crippen LogP contribution in [0.25, 0.3) is 0 Å². The molecule has 1 fully saturated rings. The largest absolute Gasteiger partial charge is 0.375 e. The van der Waals surface area contributed by atoms with Crippen molar-refractivity contribution in [2.75, 3.05) is 0 Å². The number of hydrogen-bond acceptors (Lipinski definition) is 2. The Hall–Kier alpha value is -1.00. The van der Waals surface area contributed by atoms with Crippen molar-refractivity contribution in [2.45, 2.75) is 45.4 Å². The Labute approximate surface area is 112 Å². The fourth-order valence-corrected chi connectivity index (χ4v) is 3.11. The molecule has 0 aliphatic carbocycles. The Morgan fingerprint density at radius 2 is 1.89 bits per heavy atom.